The molecule has 1 atom stereocenters. The van der Waals surface area contributed by atoms with E-state index in [0.29, 0.717) is 23.7 Å². The maximum Gasteiger partial charge on any atom is 0.416 e. The van der Waals surface area contributed by atoms with E-state index in [2.05, 4.69) is 15.7 Å². The maximum absolute atomic E-state index is 12.9. The molecule has 1 aliphatic rings. The van der Waals surface area contributed by atoms with Gasteiger partial charge in [-0.2, -0.15) is 18.3 Å². The van der Waals surface area contributed by atoms with Crippen molar-refractivity contribution in [3.8, 4) is 5.69 Å². The number of hydrogen-bond donors (Lipinski definition) is 2. The quantitative estimate of drug-likeness (QED) is 0.875. The molecule has 5 nitrogen and oxygen atoms in total. The fourth-order valence-corrected chi connectivity index (χ4v) is 3.14. The molecule has 2 heterocycles. The summed E-state index contributed by atoms with van der Waals surface area (Å²) < 4.78 is 40.0. The third-order valence-corrected chi connectivity index (χ3v) is 4.62. The Morgan fingerprint density at radius 1 is 1.42 bits per heavy atom. The normalized spacial score (nSPS) is 17.9. The van der Waals surface area contributed by atoms with Gasteiger partial charge in [-0.05, 0) is 57.0 Å². The number of carbonyl (C=O) groups excluding carboxylic acids is 1. The smallest absolute Gasteiger partial charge is 0.352 e. The Kier molecular flexibility index (Phi) is 5.31. The van der Waals surface area contributed by atoms with Crippen molar-refractivity contribution >= 4 is 5.91 Å². The van der Waals surface area contributed by atoms with Crippen LogP contribution in [0.4, 0.5) is 13.2 Å². The molecule has 3 rings (SSSR count). The number of rotatable bonds is 4. The molecule has 1 aromatic heterocycles. The number of aromatic nitrogens is 2. The Balaban J connectivity index is 1.74. The minimum absolute atomic E-state index is 0.258. The van der Waals surface area contributed by atoms with Gasteiger partial charge in [0.1, 0.15) is 0 Å². The molecule has 0 bridgehead atoms. The van der Waals surface area contributed by atoms with Gasteiger partial charge in [0.05, 0.1) is 28.7 Å². The summed E-state index contributed by atoms with van der Waals surface area (Å²) in [5, 5.41) is 10.3. The molecule has 1 aliphatic heterocycles. The number of halogens is 3. The molecule has 1 fully saturated rings. The van der Waals surface area contributed by atoms with Gasteiger partial charge in [-0.15, -0.1) is 0 Å². The molecule has 0 saturated carbocycles. The highest BCUT2D eigenvalue weighted by Gasteiger charge is 2.30. The molecule has 8 heteroatoms. The molecule has 0 radical (unpaired) electrons. The largest absolute Gasteiger partial charge is 0.416 e. The van der Waals surface area contributed by atoms with Crippen LogP contribution in [-0.2, 0) is 6.18 Å². The third kappa shape index (κ3) is 4.07. The first-order chi connectivity index (χ1) is 12.4. The van der Waals surface area contributed by atoms with E-state index in [1.807, 2.05) is 0 Å². The third-order valence-electron chi connectivity index (χ3n) is 4.62. The summed E-state index contributed by atoms with van der Waals surface area (Å²) in [5.74, 6) is 0.137. The van der Waals surface area contributed by atoms with Gasteiger partial charge in [-0.3, -0.25) is 4.79 Å². The summed E-state index contributed by atoms with van der Waals surface area (Å²) in [6, 6.07) is 4.89. The van der Waals surface area contributed by atoms with Crippen molar-refractivity contribution in [2.45, 2.75) is 25.9 Å². The van der Waals surface area contributed by atoms with Crippen molar-refractivity contribution in [2.75, 3.05) is 19.6 Å². The SMILES string of the molecule is Cc1c(C(=O)NCC2CCCNC2)cnn1-c1cccc(C(F)(F)F)c1. The Morgan fingerprint density at radius 3 is 2.92 bits per heavy atom. The van der Waals surface area contributed by atoms with Crippen molar-refractivity contribution in [2.24, 2.45) is 5.92 Å². The first kappa shape index (κ1) is 18.4. The molecule has 1 aromatic carbocycles. The van der Waals surface area contributed by atoms with Crippen molar-refractivity contribution in [1.29, 1.82) is 0 Å². The van der Waals surface area contributed by atoms with Crippen molar-refractivity contribution in [3.63, 3.8) is 0 Å². The number of alkyl halides is 3. The average Bonchev–Trinajstić information content (AvgIpc) is 3.01. The lowest BCUT2D eigenvalue weighted by atomic mass is 10.00. The summed E-state index contributed by atoms with van der Waals surface area (Å²) in [6.45, 7) is 4.13. The number of amides is 1. The highest BCUT2D eigenvalue weighted by molar-refractivity contribution is 5.95. The van der Waals surface area contributed by atoms with Crippen LogP contribution in [0.1, 0.15) is 34.5 Å². The number of hydrogen-bond acceptors (Lipinski definition) is 3. The van der Waals surface area contributed by atoms with Crippen molar-refractivity contribution in [3.05, 3.63) is 47.3 Å². The fraction of sp³-hybridized carbons (Fsp3) is 0.444. The molecular formula is C18H21F3N4O. The summed E-state index contributed by atoms with van der Waals surface area (Å²) in [5.41, 5.74) is 0.392. The van der Waals surface area contributed by atoms with Gasteiger partial charge in [-0.1, -0.05) is 6.07 Å². The number of benzene rings is 1. The zero-order valence-electron chi connectivity index (χ0n) is 14.4. The number of nitrogens with zero attached hydrogens (tertiary/aromatic N) is 2. The van der Waals surface area contributed by atoms with E-state index >= 15 is 0 Å². The Bertz CT molecular complexity index is 779. The second-order valence-electron chi connectivity index (χ2n) is 6.53. The van der Waals surface area contributed by atoms with Gasteiger partial charge in [0.15, 0.2) is 0 Å². The number of carbonyl (C=O) groups is 1. The van der Waals surface area contributed by atoms with Crippen LogP contribution in [0.15, 0.2) is 30.5 Å². The Labute approximate surface area is 149 Å². The lowest BCUT2D eigenvalue weighted by molar-refractivity contribution is -0.137. The van der Waals surface area contributed by atoms with Crippen LogP contribution >= 0.6 is 0 Å². The zero-order valence-corrected chi connectivity index (χ0v) is 14.4. The maximum atomic E-state index is 12.9. The van der Waals surface area contributed by atoms with Crippen molar-refractivity contribution in [1.82, 2.24) is 20.4 Å². The lowest BCUT2D eigenvalue weighted by Crippen LogP contribution is -2.38. The van der Waals surface area contributed by atoms with Crippen LogP contribution < -0.4 is 10.6 Å². The van der Waals surface area contributed by atoms with E-state index < -0.39 is 11.7 Å². The Morgan fingerprint density at radius 2 is 2.23 bits per heavy atom. The highest BCUT2D eigenvalue weighted by Crippen LogP contribution is 2.30. The number of nitrogens with one attached hydrogen (secondary N) is 2. The van der Waals surface area contributed by atoms with Gasteiger partial charge in [0, 0.05) is 6.54 Å². The van der Waals surface area contributed by atoms with Crippen LogP contribution in [0.3, 0.4) is 0 Å². The predicted molar refractivity (Wildman–Crippen MR) is 91.2 cm³/mol. The summed E-state index contributed by atoms with van der Waals surface area (Å²) in [6.07, 6.45) is -0.877. The molecule has 1 unspecified atom stereocenters. The van der Waals surface area contributed by atoms with Gasteiger partial charge in [-0.25, -0.2) is 4.68 Å². The molecule has 1 amide bonds. The minimum atomic E-state index is -4.43. The minimum Gasteiger partial charge on any atom is -0.352 e. The predicted octanol–water partition coefficient (Wildman–Crippen LogP) is 2.93. The van der Waals surface area contributed by atoms with E-state index in [4.69, 9.17) is 0 Å². The second kappa shape index (κ2) is 7.49. The fourth-order valence-electron chi connectivity index (χ4n) is 3.14. The van der Waals surface area contributed by atoms with E-state index in [0.717, 1.165) is 38.1 Å². The molecular weight excluding hydrogens is 345 g/mol. The molecule has 2 N–H and O–H groups in total. The first-order valence-corrected chi connectivity index (χ1v) is 8.57. The Hall–Kier alpha value is -2.35. The van der Waals surface area contributed by atoms with E-state index in [-0.39, 0.29) is 11.6 Å². The van der Waals surface area contributed by atoms with Crippen LogP contribution in [-0.4, -0.2) is 35.3 Å². The van der Waals surface area contributed by atoms with Crippen LogP contribution in [0.5, 0.6) is 0 Å². The summed E-state index contributed by atoms with van der Waals surface area (Å²) in [7, 11) is 0. The first-order valence-electron chi connectivity index (χ1n) is 8.57. The average molecular weight is 366 g/mol. The van der Waals surface area contributed by atoms with E-state index in [9.17, 15) is 18.0 Å². The monoisotopic (exact) mass is 366 g/mol. The molecule has 140 valence electrons. The van der Waals surface area contributed by atoms with E-state index in [1.54, 1.807) is 6.92 Å². The van der Waals surface area contributed by atoms with Crippen LogP contribution in [0, 0.1) is 12.8 Å². The summed E-state index contributed by atoms with van der Waals surface area (Å²) >= 11 is 0. The van der Waals surface area contributed by atoms with Crippen LogP contribution in [0.25, 0.3) is 5.69 Å². The van der Waals surface area contributed by atoms with Gasteiger partial charge in [0.25, 0.3) is 5.91 Å². The van der Waals surface area contributed by atoms with Gasteiger partial charge < -0.3 is 10.6 Å². The standard InChI is InChI=1S/C18H21F3N4O/c1-12-16(17(26)23-10-13-4-3-7-22-9-13)11-24-25(12)15-6-2-5-14(8-15)18(19,20)21/h2,5-6,8,11,13,22H,3-4,7,9-10H2,1H3,(H,23,26). The van der Waals surface area contributed by atoms with E-state index in [1.165, 1.54) is 23.0 Å². The van der Waals surface area contributed by atoms with Crippen LogP contribution in [0.2, 0.25) is 0 Å². The summed E-state index contributed by atoms with van der Waals surface area (Å²) in [4.78, 5) is 12.4. The molecule has 0 aliphatic carbocycles. The van der Waals surface area contributed by atoms with Gasteiger partial charge >= 0.3 is 6.18 Å². The number of piperidine rings is 1. The topological polar surface area (TPSA) is 59.0 Å². The highest BCUT2D eigenvalue weighted by atomic mass is 19.4. The molecule has 0 spiro atoms. The lowest BCUT2D eigenvalue weighted by Gasteiger charge is -2.22. The molecule has 1 saturated heterocycles. The second-order valence-corrected chi connectivity index (χ2v) is 6.53. The molecule has 2 aromatic rings. The van der Waals surface area contributed by atoms with Gasteiger partial charge in [0.2, 0.25) is 0 Å². The zero-order chi connectivity index (χ0) is 18.7. The van der Waals surface area contributed by atoms with Crippen molar-refractivity contribution < 1.29 is 18.0 Å². The molecule has 26 heavy (non-hydrogen) atoms.